The third-order valence-electron chi connectivity index (χ3n) is 11.8. The second-order valence-electron chi connectivity index (χ2n) is 14.9. The Morgan fingerprint density at radius 2 is 0.741 bits per heavy atom. The van der Waals surface area contributed by atoms with Crippen molar-refractivity contribution in [1.82, 2.24) is 9.97 Å². The molecule has 0 radical (unpaired) electrons. The summed E-state index contributed by atoms with van der Waals surface area (Å²) >= 11 is 0. The molecule has 2 aliphatic carbocycles. The highest BCUT2D eigenvalue weighted by atomic mass is 14.9. The van der Waals surface area contributed by atoms with E-state index in [0.717, 1.165) is 33.9 Å². The van der Waals surface area contributed by atoms with Gasteiger partial charge in [-0.1, -0.05) is 189 Å². The molecule has 0 bridgehead atoms. The van der Waals surface area contributed by atoms with Crippen LogP contribution >= 0.6 is 0 Å². The van der Waals surface area contributed by atoms with E-state index < -0.39 is 0 Å². The molecule has 8 aromatic rings. The molecule has 258 valence electrons. The first-order chi connectivity index (χ1) is 26.7. The number of fused-ring (bicyclic) bond motifs is 5. The summed E-state index contributed by atoms with van der Waals surface area (Å²) in [5.41, 5.74) is 18.5. The van der Waals surface area contributed by atoms with Gasteiger partial charge in [0.1, 0.15) is 0 Å². The average molecular weight is 693 g/mol. The maximum absolute atomic E-state index is 5.01. The van der Waals surface area contributed by atoms with Gasteiger partial charge < -0.3 is 0 Å². The normalized spacial score (nSPS) is 14.1. The van der Waals surface area contributed by atoms with E-state index in [4.69, 9.17) is 9.97 Å². The quantitative estimate of drug-likeness (QED) is 0.173. The molecule has 0 atom stereocenters. The molecule has 1 heterocycles. The van der Waals surface area contributed by atoms with Crippen molar-refractivity contribution in [2.24, 2.45) is 0 Å². The lowest BCUT2D eigenvalue weighted by molar-refractivity contribution is 0.353. The van der Waals surface area contributed by atoms with E-state index in [2.05, 4.69) is 146 Å². The fraction of sp³-hybridized carbons (Fsp3) is 0.115. The SMILES string of the molecule is c1ccc(-c2cc(-c3ccc(-c4ccc(-c5ccc(-c6ccc7c(c6)C6(CCCCC6)c6ccccc6-7)cc5)cc4)cc3)nc(-c3ccccc3)n2)cc1. The molecule has 0 amide bonds. The summed E-state index contributed by atoms with van der Waals surface area (Å²) in [6.45, 7) is 0. The van der Waals surface area contributed by atoms with Crippen molar-refractivity contribution < 1.29 is 0 Å². The van der Waals surface area contributed by atoms with E-state index >= 15 is 0 Å². The van der Waals surface area contributed by atoms with E-state index in [1.807, 2.05) is 36.4 Å². The Hall–Kier alpha value is -6.38. The fourth-order valence-corrected chi connectivity index (χ4v) is 8.94. The maximum atomic E-state index is 5.01. The number of nitrogens with zero attached hydrogens (tertiary/aromatic N) is 2. The van der Waals surface area contributed by atoms with Gasteiger partial charge in [-0.05, 0) is 80.6 Å². The lowest BCUT2D eigenvalue weighted by Gasteiger charge is -2.36. The minimum Gasteiger partial charge on any atom is -0.228 e. The Morgan fingerprint density at radius 3 is 1.31 bits per heavy atom. The third kappa shape index (κ3) is 5.76. The molecule has 2 nitrogen and oxygen atoms in total. The smallest absolute Gasteiger partial charge is 0.160 e. The number of hydrogen-bond acceptors (Lipinski definition) is 2. The van der Waals surface area contributed by atoms with Gasteiger partial charge in [0, 0.05) is 22.1 Å². The van der Waals surface area contributed by atoms with Crippen LogP contribution in [0.1, 0.15) is 43.2 Å². The molecule has 2 aliphatic rings. The molecule has 54 heavy (non-hydrogen) atoms. The molecule has 0 unspecified atom stereocenters. The number of rotatable bonds is 6. The minimum atomic E-state index is 0.176. The summed E-state index contributed by atoms with van der Waals surface area (Å²) in [5, 5.41) is 0. The predicted molar refractivity (Wildman–Crippen MR) is 224 cm³/mol. The van der Waals surface area contributed by atoms with E-state index in [1.54, 1.807) is 11.1 Å². The zero-order valence-corrected chi connectivity index (χ0v) is 30.3. The van der Waals surface area contributed by atoms with Crippen molar-refractivity contribution in [3.63, 3.8) is 0 Å². The van der Waals surface area contributed by atoms with Crippen molar-refractivity contribution >= 4 is 0 Å². The van der Waals surface area contributed by atoms with Crippen molar-refractivity contribution in [1.29, 1.82) is 0 Å². The van der Waals surface area contributed by atoms with Crippen LogP contribution in [-0.2, 0) is 5.41 Å². The van der Waals surface area contributed by atoms with Crippen LogP contribution in [0.2, 0.25) is 0 Å². The molecule has 7 aromatic carbocycles. The number of hydrogen-bond donors (Lipinski definition) is 0. The van der Waals surface area contributed by atoms with Crippen LogP contribution in [0.5, 0.6) is 0 Å². The first kappa shape index (κ1) is 32.3. The zero-order valence-electron chi connectivity index (χ0n) is 30.3. The van der Waals surface area contributed by atoms with Crippen molar-refractivity contribution in [2.45, 2.75) is 37.5 Å². The molecule has 0 N–H and O–H groups in total. The van der Waals surface area contributed by atoms with E-state index in [0.29, 0.717) is 0 Å². The Kier molecular flexibility index (Phi) is 8.10. The zero-order chi connectivity index (χ0) is 35.9. The van der Waals surface area contributed by atoms with Crippen LogP contribution in [-0.4, -0.2) is 9.97 Å². The average Bonchev–Trinajstić information content (AvgIpc) is 3.52. The summed E-state index contributed by atoms with van der Waals surface area (Å²) in [4.78, 5) is 9.95. The largest absolute Gasteiger partial charge is 0.228 e. The second kappa shape index (κ2) is 13.5. The molecule has 1 spiro atoms. The fourth-order valence-electron chi connectivity index (χ4n) is 8.94. The minimum absolute atomic E-state index is 0.176. The Morgan fingerprint density at radius 1 is 0.315 bits per heavy atom. The van der Waals surface area contributed by atoms with Gasteiger partial charge in [-0.15, -0.1) is 0 Å². The Bertz CT molecular complexity index is 2520. The summed E-state index contributed by atoms with van der Waals surface area (Å²) in [7, 11) is 0. The molecule has 0 aliphatic heterocycles. The van der Waals surface area contributed by atoms with E-state index in [9.17, 15) is 0 Å². The van der Waals surface area contributed by atoms with Gasteiger partial charge in [-0.25, -0.2) is 9.97 Å². The highest BCUT2D eigenvalue weighted by Gasteiger charge is 2.43. The number of aromatic nitrogens is 2. The van der Waals surface area contributed by atoms with Gasteiger partial charge in [0.2, 0.25) is 0 Å². The molecule has 1 aromatic heterocycles. The summed E-state index contributed by atoms with van der Waals surface area (Å²) < 4.78 is 0. The lowest BCUT2D eigenvalue weighted by Crippen LogP contribution is -2.28. The van der Waals surface area contributed by atoms with Crippen LogP contribution < -0.4 is 0 Å². The van der Waals surface area contributed by atoms with Crippen LogP contribution in [0, 0.1) is 0 Å². The van der Waals surface area contributed by atoms with Crippen LogP contribution in [0.4, 0.5) is 0 Å². The summed E-state index contributed by atoms with van der Waals surface area (Å²) in [6.07, 6.45) is 6.49. The van der Waals surface area contributed by atoms with Crippen molar-refractivity contribution in [3.8, 4) is 78.4 Å². The van der Waals surface area contributed by atoms with Gasteiger partial charge in [-0.3, -0.25) is 0 Å². The molecule has 0 saturated heterocycles. The molecular formula is C52H40N2. The first-order valence-corrected chi connectivity index (χ1v) is 19.3. The topological polar surface area (TPSA) is 25.8 Å². The predicted octanol–water partition coefficient (Wildman–Crippen LogP) is 13.7. The number of benzene rings is 7. The van der Waals surface area contributed by atoms with Gasteiger partial charge in [0.05, 0.1) is 11.4 Å². The Labute approximate surface area is 317 Å². The highest BCUT2D eigenvalue weighted by Crippen LogP contribution is 2.56. The van der Waals surface area contributed by atoms with Gasteiger partial charge in [0.15, 0.2) is 5.82 Å². The van der Waals surface area contributed by atoms with Gasteiger partial charge in [-0.2, -0.15) is 0 Å². The summed E-state index contributed by atoms with van der Waals surface area (Å²) in [5.74, 6) is 0.728. The molecule has 10 rings (SSSR count). The van der Waals surface area contributed by atoms with Crippen molar-refractivity contribution in [2.75, 3.05) is 0 Å². The monoisotopic (exact) mass is 692 g/mol. The van der Waals surface area contributed by atoms with Crippen LogP contribution in [0.15, 0.2) is 182 Å². The molecule has 1 fully saturated rings. The maximum Gasteiger partial charge on any atom is 0.160 e. The molecular weight excluding hydrogens is 653 g/mol. The van der Waals surface area contributed by atoms with E-state index in [1.165, 1.54) is 76.6 Å². The van der Waals surface area contributed by atoms with Gasteiger partial charge in [0.25, 0.3) is 0 Å². The van der Waals surface area contributed by atoms with Crippen LogP contribution in [0.3, 0.4) is 0 Å². The third-order valence-corrected chi connectivity index (χ3v) is 11.8. The second-order valence-corrected chi connectivity index (χ2v) is 14.9. The van der Waals surface area contributed by atoms with E-state index in [-0.39, 0.29) is 5.41 Å². The van der Waals surface area contributed by atoms with Crippen molar-refractivity contribution in [3.05, 3.63) is 193 Å². The molecule has 1 saturated carbocycles. The standard InChI is InChI=1S/C52H40N2/c1-4-12-41(13-5-1)49-35-50(54-51(53-49)43-14-6-2-7-15-43)42-28-26-39(27-29-42)37-20-18-36(19-21-37)38-22-24-40(25-23-38)44-30-31-46-45-16-8-9-17-47(45)52(48(46)34-44)32-10-3-11-33-52/h1-2,4-9,12-31,34-35H,3,10-11,32-33H2. The summed E-state index contributed by atoms with van der Waals surface area (Å²) in [6, 6.07) is 65.7. The Balaban J connectivity index is 0.893. The highest BCUT2D eigenvalue weighted by molar-refractivity contribution is 5.84. The lowest BCUT2D eigenvalue weighted by atomic mass is 9.67. The molecule has 2 heteroatoms. The van der Waals surface area contributed by atoms with Gasteiger partial charge >= 0.3 is 0 Å². The van der Waals surface area contributed by atoms with Crippen LogP contribution in [0.25, 0.3) is 78.4 Å². The first-order valence-electron chi connectivity index (χ1n) is 19.3.